The molecule has 2 unspecified atom stereocenters. The minimum Gasteiger partial charge on any atom is -0.323 e. The molecule has 0 aliphatic heterocycles. The molecule has 2 nitrogen and oxygen atoms in total. The summed E-state index contributed by atoms with van der Waals surface area (Å²) in [6.07, 6.45) is 2.47. The Bertz CT molecular complexity index is 499. The summed E-state index contributed by atoms with van der Waals surface area (Å²) < 4.78 is 26.4. The highest BCUT2D eigenvalue weighted by molar-refractivity contribution is 6.26. The van der Waals surface area contributed by atoms with Gasteiger partial charge in [0.05, 0.1) is 11.1 Å². The van der Waals surface area contributed by atoms with E-state index >= 15 is 0 Å². The molecule has 1 aromatic rings. The zero-order valence-electron chi connectivity index (χ0n) is 12.1. The maximum absolute atomic E-state index is 13.6. The van der Waals surface area contributed by atoms with Gasteiger partial charge in [-0.05, 0) is 25.5 Å². The monoisotopic (exact) mass is 337 g/mol. The Hall–Kier alpha value is -0.870. The van der Waals surface area contributed by atoms with Gasteiger partial charge in [-0.25, -0.2) is 8.78 Å². The molecule has 0 bridgehead atoms. The summed E-state index contributed by atoms with van der Waals surface area (Å²) in [4.78, 5) is 12.4. The van der Waals surface area contributed by atoms with Crippen LogP contribution in [-0.4, -0.2) is 17.2 Å². The lowest BCUT2D eigenvalue weighted by Gasteiger charge is -2.30. The van der Waals surface area contributed by atoms with Gasteiger partial charge >= 0.3 is 0 Å². The van der Waals surface area contributed by atoms with Crippen molar-refractivity contribution >= 4 is 34.8 Å². The van der Waals surface area contributed by atoms with Crippen LogP contribution in [0.2, 0.25) is 0 Å². The van der Waals surface area contributed by atoms with Crippen molar-refractivity contribution in [3.8, 4) is 0 Å². The molecule has 0 aliphatic carbocycles. The average molecular weight is 338 g/mol. The van der Waals surface area contributed by atoms with Gasteiger partial charge in [-0.3, -0.25) is 4.79 Å². The summed E-state index contributed by atoms with van der Waals surface area (Å²) in [7, 11) is 0. The SMILES string of the molecule is CCCCC(Cl)C(C)(CCl)C(=O)Nc1ccc(F)cc1F. The molecule has 0 aromatic heterocycles. The summed E-state index contributed by atoms with van der Waals surface area (Å²) in [5, 5.41) is 1.98. The van der Waals surface area contributed by atoms with Crippen LogP contribution in [0, 0.1) is 17.0 Å². The third kappa shape index (κ3) is 4.55. The van der Waals surface area contributed by atoms with Crippen molar-refractivity contribution in [1.82, 2.24) is 0 Å². The summed E-state index contributed by atoms with van der Waals surface area (Å²) in [5.41, 5.74) is -1.11. The van der Waals surface area contributed by atoms with Crippen LogP contribution in [0.5, 0.6) is 0 Å². The molecule has 0 heterocycles. The molecule has 1 amide bonds. The molecular weight excluding hydrogens is 319 g/mol. The van der Waals surface area contributed by atoms with Crippen LogP contribution >= 0.6 is 23.2 Å². The van der Waals surface area contributed by atoms with Crippen molar-refractivity contribution in [2.24, 2.45) is 5.41 Å². The summed E-state index contributed by atoms with van der Waals surface area (Å²) >= 11 is 12.2. The first-order chi connectivity index (χ1) is 9.85. The number of benzene rings is 1. The summed E-state index contributed by atoms with van der Waals surface area (Å²) in [6, 6.07) is 2.96. The largest absolute Gasteiger partial charge is 0.323 e. The fourth-order valence-electron chi connectivity index (χ4n) is 1.84. The Kier molecular flexibility index (Phi) is 6.88. The maximum Gasteiger partial charge on any atom is 0.233 e. The van der Waals surface area contributed by atoms with E-state index in [-0.39, 0.29) is 11.6 Å². The van der Waals surface area contributed by atoms with Gasteiger partial charge in [0.2, 0.25) is 5.91 Å². The number of rotatable bonds is 7. The third-order valence-corrected chi connectivity index (χ3v) is 4.73. The number of unbranched alkanes of at least 4 members (excludes halogenated alkanes) is 1. The molecule has 2 atom stereocenters. The normalized spacial score (nSPS) is 15.3. The van der Waals surface area contributed by atoms with E-state index in [0.717, 1.165) is 18.9 Å². The van der Waals surface area contributed by atoms with Gasteiger partial charge in [-0.2, -0.15) is 0 Å². The molecule has 1 N–H and O–H groups in total. The van der Waals surface area contributed by atoms with Crippen molar-refractivity contribution < 1.29 is 13.6 Å². The summed E-state index contributed by atoms with van der Waals surface area (Å²) in [5.74, 6) is -2.00. The fourth-order valence-corrected chi connectivity index (χ4v) is 2.56. The topological polar surface area (TPSA) is 29.1 Å². The molecule has 0 aliphatic rings. The molecule has 0 saturated carbocycles. The Morgan fingerprint density at radius 2 is 2.10 bits per heavy atom. The van der Waals surface area contributed by atoms with Gasteiger partial charge in [0.25, 0.3) is 0 Å². The maximum atomic E-state index is 13.6. The molecule has 1 aromatic carbocycles. The Labute approximate surface area is 133 Å². The van der Waals surface area contributed by atoms with E-state index < -0.39 is 28.3 Å². The van der Waals surface area contributed by atoms with Crippen molar-refractivity contribution in [3.63, 3.8) is 0 Å². The second kappa shape index (κ2) is 7.95. The van der Waals surface area contributed by atoms with E-state index in [0.29, 0.717) is 12.5 Å². The van der Waals surface area contributed by atoms with E-state index in [2.05, 4.69) is 5.32 Å². The van der Waals surface area contributed by atoms with Gasteiger partial charge < -0.3 is 5.32 Å². The van der Waals surface area contributed by atoms with Gasteiger partial charge in [0.1, 0.15) is 11.6 Å². The third-order valence-electron chi connectivity index (χ3n) is 3.48. The number of alkyl halides is 2. The number of hydrogen-bond donors (Lipinski definition) is 1. The van der Waals surface area contributed by atoms with Gasteiger partial charge in [0, 0.05) is 17.3 Å². The average Bonchev–Trinajstić information content (AvgIpc) is 2.46. The van der Waals surface area contributed by atoms with Crippen LogP contribution < -0.4 is 5.32 Å². The number of amides is 1. The van der Waals surface area contributed by atoms with Crippen molar-refractivity contribution in [3.05, 3.63) is 29.8 Å². The summed E-state index contributed by atoms with van der Waals surface area (Å²) in [6.45, 7) is 3.67. The number of halogens is 4. The highest BCUT2D eigenvalue weighted by Crippen LogP contribution is 2.33. The highest BCUT2D eigenvalue weighted by atomic mass is 35.5. The molecule has 0 fully saturated rings. The predicted octanol–water partition coefficient (Wildman–Crippen LogP) is 4.95. The molecule has 21 heavy (non-hydrogen) atoms. The smallest absolute Gasteiger partial charge is 0.233 e. The van der Waals surface area contributed by atoms with Gasteiger partial charge in [-0.15, -0.1) is 23.2 Å². The lowest BCUT2D eigenvalue weighted by Crippen LogP contribution is -2.42. The second-order valence-corrected chi connectivity index (χ2v) is 6.03. The van der Waals surface area contributed by atoms with E-state index in [4.69, 9.17) is 23.2 Å². The quantitative estimate of drug-likeness (QED) is 0.701. The van der Waals surface area contributed by atoms with E-state index in [1.807, 2.05) is 6.92 Å². The molecule has 0 saturated heterocycles. The van der Waals surface area contributed by atoms with Crippen molar-refractivity contribution in [1.29, 1.82) is 0 Å². The lowest BCUT2D eigenvalue weighted by atomic mass is 9.85. The molecule has 0 spiro atoms. The van der Waals surface area contributed by atoms with Crippen LogP contribution in [0.3, 0.4) is 0 Å². The van der Waals surface area contributed by atoms with Crippen molar-refractivity contribution in [2.45, 2.75) is 38.5 Å². The predicted molar refractivity (Wildman–Crippen MR) is 83.0 cm³/mol. The molecule has 0 radical (unpaired) electrons. The molecule has 118 valence electrons. The minimum atomic E-state index is -1.03. The van der Waals surface area contributed by atoms with Crippen LogP contribution in [0.15, 0.2) is 18.2 Å². The van der Waals surface area contributed by atoms with Crippen molar-refractivity contribution in [2.75, 3.05) is 11.2 Å². The first-order valence-electron chi connectivity index (χ1n) is 6.81. The zero-order valence-corrected chi connectivity index (χ0v) is 13.6. The van der Waals surface area contributed by atoms with E-state index in [9.17, 15) is 13.6 Å². The zero-order chi connectivity index (χ0) is 16.0. The first-order valence-corrected chi connectivity index (χ1v) is 7.78. The number of nitrogens with one attached hydrogen (secondary N) is 1. The first kappa shape index (κ1) is 18.2. The minimum absolute atomic E-state index is 0.0134. The van der Waals surface area contributed by atoms with E-state index in [1.54, 1.807) is 6.92 Å². The second-order valence-electron chi connectivity index (χ2n) is 5.24. The molecule has 1 rings (SSSR count). The Morgan fingerprint density at radius 1 is 1.43 bits per heavy atom. The number of hydrogen-bond acceptors (Lipinski definition) is 1. The standard InChI is InChI=1S/C15H19Cl2F2NO/c1-3-4-5-13(17)15(2,9-16)14(21)20-12-7-6-10(18)8-11(12)19/h6-8,13H,3-5,9H2,1-2H3,(H,20,21). The van der Waals surface area contributed by atoms with Crippen LogP contribution in [-0.2, 0) is 4.79 Å². The molecular formula is C15H19Cl2F2NO. The van der Waals surface area contributed by atoms with Gasteiger partial charge in [-0.1, -0.05) is 19.8 Å². The molecule has 6 heteroatoms. The van der Waals surface area contributed by atoms with Crippen LogP contribution in [0.1, 0.15) is 33.1 Å². The number of anilines is 1. The van der Waals surface area contributed by atoms with Gasteiger partial charge in [0.15, 0.2) is 0 Å². The highest BCUT2D eigenvalue weighted by Gasteiger charge is 2.39. The lowest BCUT2D eigenvalue weighted by molar-refractivity contribution is -0.123. The fraction of sp³-hybridized carbons (Fsp3) is 0.533. The Morgan fingerprint density at radius 3 is 2.62 bits per heavy atom. The number of carbonyl (C=O) groups is 1. The van der Waals surface area contributed by atoms with Crippen LogP contribution in [0.4, 0.5) is 14.5 Å². The van der Waals surface area contributed by atoms with E-state index in [1.165, 1.54) is 6.07 Å². The Balaban J connectivity index is 2.87. The van der Waals surface area contributed by atoms with Crippen LogP contribution in [0.25, 0.3) is 0 Å². The number of carbonyl (C=O) groups excluding carboxylic acids is 1.